The molecule has 1 atom stereocenters. The molecule has 1 unspecified atom stereocenters. The van der Waals surface area contributed by atoms with Crippen LogP contribution in [0.2, 0.25) is 0 Å². The SMILES string of the molecule is CC(c1ccccc1)C(c1ccccc1)(c1ccc(O)cc1)c1ccc(O)cc1. The molecule has 4 aromatic rings. The lowest BCUT2D eigenvalue weighted by Gasteiger charge is -2.41. The van der Waals surface area contributed by atoms with E-state index in [9.17, 15) is 10.2 Å². The fourth-order valence-corrected chi connectivity index (χ4v) is 4.39. The molecule has 4 rings (SSSR count). The second-order valence-electron chi connectivity index (χ2n) is 7.40. The van der Waals surface area contributed by atoms with Crippen molar-refractivity contribution in [2.75, 3.05) is 0 Å². The van der Waals surface area contributed by atoms with Crippen molar-refractivity contribution >= 4 is 0 Å². The topological polar surface area (TPSA) is 40.5 Å². The highest BCUT2D eigenvalue weighted by atomic mass is 16.3. The number of benzene rings is 4. The van der Waals surface area contributed by atoms with Gasteiger partial charge in [0.2, 0.25) is 0 Å². The summed E-state index contributed by atoms with van der Waals surface area (Å²) in [5, 5.41) is 19.8. The number of phenolic OH excluding ortho intramolecular Hbond substituents is 2. The van der Waals surface area contributed by atoms with Crippen LogP contribution in [0.4, 0.5) is 0 Å². The Morgan fingerprint density at radius 3 is 1.34 bits per heavy atom. The Labute approximate surface area is 171 Å². The largest absolute Gasteiger partial charge is 0.508 e. The molecular weight excluding hydrogens is 356 g/mol. The molecule has 0 bridgehead atoms. The molecular formula is C27H24O2. The summed E-state index contributed by atoms with van der Waals surface area (Å²) in [5.74, 6) is 0.586. The van der Waals surface area contributed by atoms with Crippen LogP contribution >= 0.6 is 0 Å². The molecule has 2 heteroatoms. The molecule has 0 aliphatic rings. The normalized spacial score (nSPS) is 12.4. The minimum absolute atomic E-state index is 0.0974. The maximum atomic E-state index is 9.92. The summed E-state index contributed by atoms with van der Waals surface area (Å²) in [7, 11) is 0. The summed E-state index contributed by atoms with van der Waals surface area (Å²) in [6, 6.07) is 35.9. The third-order valence-electron chi connectivity index (χ3n) is 5.82. The highest BCUT2D eigenvalue weighted by molar-refractivity contribution is 5.55. The van der Waals surface area contributed by atoms with E-state index in [1.165, 1.54) is 5.56 Å². The fraction of sp³-hybridized carbons (Fsp3) is 0.111. The van der Waals surface area contributed by atoms with Crippen LogP contribution in [0.1, 0.15) is 35.1 Å². The Hall–Kier alpha value is -3.52. The number of aromatic hydroxyl groups is 2. The molecule has 144 valence electrons. The molecule has 2 N–H and O–H groups in total. The van der Waals surface area contributed by atoms with Gasteiger partial charge in [0.1, 0.15) is 11.5 Å². The number of rotatable bonds is 5. The van der Waals surface area contributed by atoms with Gasteiger partial charge in [-0.3, -0.25) is 0 Å². The van der Waals surface area contributed by atoms with Crippen molar-refractivity contribution in [3.63, 3.8) is 0 Å². The third-order valence-corrected chi connectivity index (χ3v) is 5.82. The molecule has 0 heterocycles. The average molecular weight is 380 g/mol. The maximum Gasteiger partial charge on any atom is 0.115 e. The van der Waals surface area contributed by atoms with Crippen LogP contribution in [0.5, 0.6) is 11.5 Å². The maximum absolute atomic E-state index is 9.92. The van der Waals surface area contributed by atoms with E-state index in [2.05, 4.69) is 55.5 Å². The van der Waals surface area contributed by atoms with E-state index in [-0.39, 0.29) is 17.4 Å². The summed E-state index contributed by atoms with van der Waals surface area (Å²) in [6.07, 6.45) is 0. The van der Waals surface area contributed by atoms with Crippen molar-refractivity contribution in [2.45, 2.75) is 18.3 Å². The van der Waals surface area contributed by atoms with Gasteiger partial charge in [0.05, 0.1) is 5.41 Å². The first-order valence-corrected chi connectivity index (χ1v) is 9.82. The van der Waals surface area contributed by atoms with E-state index in [1.54, 1.807) is 24.3 Å². The van der Waals surface area contributed by atoms with Crippen LogP contribution in [-0.4, -0.2) is 10.2 Å². The number of hydrogen-bond acceptors (Lipinski definition) is 2. The fourth-order valence-electron chi connectivity index (χ4n) is 4.39. The van der Waals surface area contributed by atoms with Gasteiger partial charge in [0, 0.05) is 0 Å². The van der Waals surface area contributed by atoms with Gasteiger partial charge in [-0.05, 0) is 52.4 Å². The molecule has 0 aliphatic heterocycles. The molecule has 0 aromatic heterocycles. The quantitative estimate of drug-likeness (QED) is 0.403. The van der Waals surface area contributed by atoms with E-state index >= 15 is 0 Å². The van der Waals surface area contributed by atoms with Crippen molar-refractivity contribution in [3.05, 3.63) is 131 Å². The second kappa shape index (κ2) is 7.84. The van der Waals surface area contributed by atoms with Crippen molar-refractivity contribution in [1.29, 1.82) is 0 Å². The molecule has 4 aromatic carbocycles. The first kappa shape index (κ1) is 18.8. The lowest BCUT2D eigenvalue weighted by atomic mass is 9.60. The van der Waals surface area contributed by atoms with Gasteiger partial charge in [0.25, 0.3) is 0 Å². The summed E-state index contributed by atoms with van der Waals surface area (Å²) in [4.78, 5) is 0. The molecule has 0 spiro atoms. The van der Waals surface area contributed by atoms with Crippen LogP contribution in [0.15, 0.2) is 109 Å². The average Bonchev–Trinajstić information content (AvgIpc) is 2.78. The zero-order chi connectivity index (χ0) is 20.3. The van der Waals surface area contributed by atoms with Gasteiger partial charge in [-0.1, -0.05) is 91.9 Å². The smallest absolute Gasteiger partial charge is 0.115 e. The summed E-state index contributed by atoms with van der Waals surface area (Å²) >= 11 is 0. The highest BCUT2D eigenvalue weighted by Gasteiger charge is 2.42. The van der Waals surface area contributed by atoms with Gasteiger partial charge in [-0.25, -0.2) is 0 Å². The third kappa shape index (κ3) is 3.38. The van der Waals surface area contributed by atoms with Crippen molar-refractivity contribution in [3.8, 4) is 11.5 Å². The zero-order valence-electron chi connectivity index (χ0n) is 16.4. The monoisotopic (exact) mass is 380 g/mol. The van der Waals surface area contributed by atoms with Crippen molar-refractivity contribution < 1.29 is 10.2 Å². The standard InChI is InChI=1S/C27H24O2/c1-20(21-8-4-2-5-9-21)27(22-10-6-3-7-11-22,23-12-16-25(28)17-13-23)24-14-18-26(29)19-15-24/h2-20,28-29H,1H3. The summed E-state index contributed by atoms with van der Waals surface area (Å²) in [6.45, 7) is 2.24. The van der Waals surface area contributed by atoms with E-state index in [1.807, 2.05) is 36.4 Å². The van der Waals surface area contributed by atoms with Crippen molar-refractivity contribution in [1.82, 2.24) is 0 Å². The molecule has 2 nitrogen and oxygen atoms in total. The Morgan fingerprint density at radius 2 is 0.897 bits per heavy atom. The van der Waals surface area contributed by atoms with E-state index in [0.29, 0.717) is 0 Å². The lowest BCUT2D eigenvalue weighted by molar-refractivity contribution is 0.470. The van der Waals surface area contributed by atoms with Crippen LogP contribution in [-0.2, 0) is 5.41 Å². The first-order chi connectivity index (χ1) is 14.1. The van der Waals surface area contributed by atoms with Gasteiger partial charge >= 0.3 is 0 Å². The van der Waals surface area contributed by atoms with Crippen LogP contribution in [0.25, 0.3) is 0 Å². The van der Waals surface area contributed by atoms with Crippen LogP contribution < -0.4 is 0 Å². The molecule has 0 aliphatic carbocycles. The van der Waals surface area contributed by atoms with Gasteiger partial charge in [-0.15, -0.1) is 0 Å². The number of hydrogen-bond donors (Lipinski definition) is 2. The van der Waals surface area contributed by atoms with Crippen LogP contribution in [0, 0.1) is 0 Å². The Balaban J connectivity index is 2.07. The molecule has 0 fully saturated rings. The van der Waals surface area contributed by atoms with E-state index in [0.717, 1.165) is 16.7 Å². The Bertz CT molecular complexity index is 1010. The Morgan fingerprint density at radius 1 is 0.517 bits per heavy atom. The lowest BCUT2D eigenvalue weighted by Crippen LogP contribution is -2.35. The molecule has 0 saturated carbocycles. The highest BCUT2D eigenvalue weighted by Crippen LogP contribution is 2.50. The summed E-state index contributed by atoms with van der Waals surface area (Å²) in [5.41, 5.74) is 4.06. The zero-order valence-corrected chi connectivity index (χ0v) is 16.4. The van der Waals surface area contributed by atoms with E-state index < -0.39 is 5.41 Å². The molecule has 0 saturated heterocycles. The molecule has 0 amide bonds. The predicted molar refractivity (Wildman–Crippen MR) is 117 cm³/mol. The molecule has 29 heavy (non-hydrogen) atoms. The van der Waals surface area contributed by atoms with Crippen LogP contribution in [0.3, 0.4) is 0 Å². The number of phenols is 2. The van der Waals surface area contributed by atoms with Gasteiger partial charge in [-0.2, -0.15) is 0 Å². The second-order valence-corrected chi connectivity index (χ2v) is 7.40. The first-order valence-electron chi connectivity index (χ1n) is 9.82. The minimum Gasteiger partial charge on any atom is -0.508 e. The van der Waals surface area contributed by atoms with Gasteiger partial charge in [0.15, 0.2) is 0 Å². The minimum atomic E-state index is -0.496. The molecule has 0 radical (unpaired) electrons. The predicted octanol–water partition coefficient (Wildman–Crippen LogP) is 6.24. The summed E-state index contributed by atoms with van der Waals surface area (Å²) < 4.78 is 0. The van der Waals surface area contributed by atoms with Gasteiger partial charge < -0.3 is 10.2 Å². The van der Waals surface area contributed by atoms with Crippen molar-refractivity contribution in [2.24, 2.45) is 0 Å². The Kier molecular flexibility index (Phi) is 5.09. The van der Waals surface area contributed by atoms with E-state index in [4.69, 9.17) is 0 Å².